The Hall–Kier alpha value is -1.39. The van der Waals surface area contributed by atoms with Crippen molar-refractivity contribution in [2.45, 2.75) is 52.1 Å². The zero-order chi connectivity index (χ0) is 17.8. The smallest absolute Gasteiger partial charge is 0.234 e. The molecule has 1 aliphatic rings. The van der Waals surface area contributed by atoms with Crippen LogP contribution in [0.25, 0.3) is 0 Å². The summed E-state index contributed by atoms with van der Waals surface area (Å²) < 4.78 is 5.68. The molecule has 0 bridgehead atoms. The second kappa shape index (κ2) is 7.66. The van der Waals surface area contributed by atoms with Crippen LogP contribution >= 0.6 is 0 Å². The molecule has 0 atom stereocenters. The summed E-state index contributed by atoms with van der Waals surface area (Å²) in [4.78, 5) is 14.3. The molecule has 0 saturated carbocycles. The normalized spacial score (nSPS) is 18.4. The van der Waals surface area contributed by atoms with Gasteiger partial charge in [0, 0.05) is 19.6 Å². The zero-order valence-electron chi connectivity index (χ0n) is 15.8. The van der Waals surface area contributed by atoms with Crippen LogP contribution in [0.5, 0.6) is 0 Å². The highest BCUT2D eigenvalue weighted by Gasteiger charge is 2.27. The van der Waals surface area contributed by atoms with E-state index in [-0.39, 0.29) is 16.9 Å². The monoisotopic (exact) mass is 332 g/mol. The number of hydrogen-bond acceptors (Lipinski definition) is 3. The first-order chi connectivity index (χ1) is 11.2. The van der Waals surface area contributed by atoms with Gasteiger partial charge in [0.15, 0.2) is 0 Å². The van der Waals surface area contributed by atoms with E-state index in [9.17, 15) is 4.79 Å². The number of amides is 1. The van der Waals surface area contributed by atoms with Crippen LogP contribution in [0.2, 0.25) is 0 Å². The maximum Gasteiger partial charge on any atom is 0.234 e. The summed E-state index contributed by atoms with van der Waals surface area (Å²) in [6.45, 7) is 14.2. The topological polar surface area (TPSA) is 41.6 Å². The van der Waals surface area contributed by atoms with Crippen molar-refractivity contribution >= 4 is 5.91 Å². The molecule has 0 aromatic heterocycles. The fourth-order valence-electron chi connectivity index (χ4n) is 3.03. The number of carbonyl (C=O) groups excluding carboxylic acids is 1. The Bertz CT molecular complexity index is 544. The summed E-state index contributed by atoms with van der Waals surface area (Å²) in [5.41, 5.74) is 2.62. The molecule has 1 amide bonds. The van der Waals surface area contributed by atoms with E-state index in [0.717, 1.165) is 19.5 Å². The Labute approximate surface area is 146 Å². The van der Waals surface area contributed by atoms with Crippen LogP contribution in [0, 0.1) is 0 Å². The molecule has 4 nitrogen and oxygen atoms in total. The van der Waals surface area contributed by atoms with Gasteiger partial charge in [0.1, 0.15) is 0 Å². The minimum absolute atomic E-state index is 0.0963. The third-order valence-corrected chi connectivity index (χ3v) is 4.43. The van der Waals surface area contributed by atoms with Gasteiger partial charge in [-0.3, -0.25) is 9.69 Å². The lowest BCUT2D eigenvalue weighted by molar-refractivity contribution is -0.127. The maximum atomic E-state index is 12.1. The van der Waals surface area contributed by atoms with Crippen LogP contribution in [0.4, 0.5) is 0 Å². The molecule has 1 aromatic rings. The first-order valence-corrected chi connectivity index (χ1v) is 8.88. The Morgan fingerprint density at radius 3 is 2.50 bits per heavy atom. The van der Waals surface area contributed by atoms with E-state index in [1.807, 2.05) is 0 Å². The number of benzene rings is 1. The lowest BCUT2D eigenvalue weighted by Crippen LogP contribution is -2.51. The van der Waals surface area contributed by atoms with E-state index in [2.05, 4.69) is 69.1 Å². The number of nitrogens with one attached hydrogen (secondary N) is 1. The van der Waals surface area contributed by atoms with Gasteiger partial charge in [-0.1, -0.05) is 45.0 Å². The molecule has 4 heteroatoms. The molecular formula is C20H32N2O2. The highest BCUT2D eigenvalue weighted by atomic mass is 16.5. The molecule has 134 valence electrons. The Kier molecular flexibility index (Phi) is 6.05. The first kappa shape index (κ1) is 18.9. The fourth-order valence-corrected chi connectivity index (χ4v) is 3.03. The zero-order valence-corrected chi connectivity index (χ0v) is 15.8. The minimum Gasteiger partial charge on any atom is -0.373 e. The lowest BCUT2D eigenvalue weighted by Gasteiger charge is -2.37. The average Bonchev–Trinajstić information content (AvgIpc) is 2.45. The molecule has 1 saturated heterocycles. The number of hydrogen-bond donors (Lipinski definition) is 1. The standard InChI is InChI=1S/C20H32N2O2/c1-19(2,3)17-8-6-16(7-9-17)10-11-21-18(23)14-22-12-13-24-20(4,5)15-22/h6-9H,10-15H2,1-5H3,(H,21,23). The van der Waals surface area contributed by atoms with Gasteiger partial charge in [-0.05, 0) is 36.8 Å². The highest BCUT2D eigenvalue weighted by molar-refractivity contribution is 5.78. The number of ether oxygens (including phenoxy) is 1. The number of nitrogens with zero attached hydrogens (tertiary/aromatic N) is 1. The van der Waals surface area contributed by atoms with E-state index in [0.29, 0.717) is 19.7 Å². The van der Waals surface area contributed by atoms with Crippen molar-refractivity contribution in [3.8, 4) is 0 Å². The van der Waals surface area contributed by atoms with Crippen molar-refractivity contribution in [3.63, 3.8) is 0 Å². The Morgan fingerprint density at radius 2 is 1.92 bits per heavy atom. The molecule has 0 spiro atoms. The van der Waals surface area contributed by atoms with E-state index in [4.69, 9.17) is 4.74 Å². The van der Waals surface area contributed by atoms with E-state index >= 15 is 0 Å². The van der Waals surface area contributed by atoms with Crippen LogP contribution in [-0.2, 0) is 21.4 Å². The van der Waals surface area contributed by atoms with Gasteiger partial charge in [-0.25, -0.2) is 0 Å². The third kappa shape index (κ3) is 5.91. The van der Waals surface area contributed by atoms with Crippen molar-refractivity contribution in [1.29, 1.82) is 0 Å². The van der Waals surface area contributed by atoms with Crippen molar-refractivity contribution < 1.29 is 9.53 Å². The molecule has 1 aromatic carbocycles. The van der Waals surface area contributed by atoms with Crippen LogP contribution < -0.4 is 5.32 Å². The molecule has 1 heterocycles. The maximum absolute atomic E-state index is 12.1. The van der Waals surface area contributed by atoms with Crippen LogP contribution in [0.1, 0.15) is 45.7 Å². The summed E-state index contributed by atoms with van der Waals surface area (Å²) in [6, 6.07) is 8.70. The molecular weight excluding hydrogens is 300 g/mol. The van der Waals surface area contributed by atoms with Gasteiger partial charge in [0.25, 0.3) is 0 Å². The molecule has 0 radical (unpaired) electrons. The highest BCUT2D eigenvalue weighted by Crippen LogP contribution is 2.22. The van der Waals surface area contributed by atoms with Crippen molar-refractivity contribution in [3.05, 3.63) is 35.4 Å². The molecule has 1 aliphatic heterocycles. The largest absolute Gasteiger partial charge is 0.373 e. The van der Waals surface area contributed by atoms with Gasteiger partial charge in [0.2, 0.25) is 5.91 Å². The first-order valence-electron chi connectivity index (χ1n) is 8.88. The second-order valence-electron chi connectivity index (χ2n) is 8.37. The number of rotatable bonds is 5. The molecule has 2 rings (SSSR count). The number of morpholine rings is 1. The summed E-state index contributed by atoms with van der Waals surface area (Å²) in [7, 11) is 0. The lowest BCUT2D eigenvalue weighted by atomic mass is 9.86. The third-order valence-electron chi connectivity index (χ3n) is 4.43. The van der Waals surface area contributed by atoms with Gasteiger partial charge < -0.3 is 10.1 Å². The Balaban J connectivity index is 1.73. The van der Waals surface area contributed by atoms with Crippen LogP contribution in [0.15, 0.2) is 24.3 Å². The van der Waals surface area contributed by atoms with Gasteiger partial charge in [-0.15, -0.1) is 0 Å². The summed E-state index contributed by atoms with van der Waals surface area (Å²) >= 11 is 0. The second-order valence-corrected chi connectivity index (χ2v) is 8.37. The van der Waals surface area contributed by atoms with Gasteiger partial charge >= 0.3 is 0 Å². The summed E-state index contributed by atoms with van der Waals surface area (Å²) in [5, 5.41) is 3.03. The molecule has 1 fully saturated rings. The van der Waals surface area contributed by atoms with Crippen molar-refractivity contribution in [2.24, 2.45) is 0 Å². The van der Waals surface area contributed by atoms with Gasteiger partial charge in [0.05, 0.1) is 18.8 Å². The fraction of sp³-hybridized carbons (Fsp3) is 0.650. The Morgan fingerprint density at radius 1 is 1.25 bits per heavy atom. The van der Waals surface area contributed by atoms with Crippen molar-refractivity contribution in [1.82, 2.24) is 10.2 Å². The summed E-state index contributed by atoms with van der Waals surface area (Å²) in [5.74, 6) is 0.0963. The SMILES string of the molecule is CC1(C)CN(CC(=O)NCCc2ccc(C(C)(C)C)cc2)CCO1. The van der Waals surface area contributed by atoms with E-state index in [1.54, 1.807) is 0 Å². The number of carbonyl (C=O) groups is 1. The molecule has 1 N–H and O–H groups in total. The summed E-state index contributed by atoms with van der Waals surface area (Å²) in [6.07, 6.45) is 0.866. The average molecular weight is 332 g/mol. The molecule has 24 heavy (non-hydrogen) atoms. The predicted octanol–water partition coefficient (Wildman–Crippen LogP) is 2.75. The van der Waals surface area contributed by atoms with Crippen molar-refractivity contribution in [2.75, 3.05) is 32.8 Å². The quantitative estimate of drug-likeness (QED) is 0.901. The van der Waals surface area contributed by atoms with E-state index < -0.39 is 0 Å². The molecule has 0 aliphatic carbocycles. The predicted molar refractivity (Wildman–Crippen MR) is 98.3 cm³/mol. The van der Waals surface area contributed by atoms with Crippen LogP contribution in [0.3, 0.4) is 0 Å². The van der Waals surface area contributed by atoms with E-state index in [1.165, 1.54) is 11.1 Å². The van der Waals surface area contributed by atoms with Crippen LogP contribution in [-0.4, -0.2) is 49.2 Å². The van der Waals surface area contributed by atoms with Gasteiger partial charge in [-0.2, -0.15) is 0 Å². The molecule has 0 unspecified atom stereocenters. The minimum atomic E-state index is -0.159.